The zero-order valence-electron chi connectivity index (χ0n) is 11.1. The van der Waals surface area contributed by atoms with E-state index in [9.17, 15) is 0 Å². The van der Waals surface area contributed by atoms with Crippen molar-refractivity contribution in [2.45, 2.75) is 36.4 Å². The minimum Gasteiger partial charge on any atom is -0.339 e. The summed E-state index contributed by atoms with van der Waals surface area (Å²) in [5, 5.41) is 4.45. The van der Waals surface area contributed by atoms with Crippen LogP contribution in [0.4, 0.5) is 0 Å². The monoisotopic (exact) mass is 339 g/mol. The third kappa shape index (κ3) is 4.09. The van der Waals surface area contributed by atoms with E-state index in [1.165, 1.54) is 10.5 Å². The molecule has 0 radical (unpaired) electrons. The lowest BCUT2D eigenvalue weighted by molar-refractivity contribution is 0.563. The number of rotatable bonds is 6. The van der Waals surface area contributed by atoms with Gasteiger partial charge >= 0.3 is 0 Å². The molecule has 2 aromatic rings. The topological polar surface area (TPSA) is 40.7 Å². The molecule has 3 nitrogen and oxygen atoms in total. The molecule has 1 aromatic heterocycles. The number of H-pyrrole nitrogens is 1. The van der Waals surface area contributed by atoms with Crippen molar-refractivity contribution in [3.63, 3.8) is 0 Å². The van der Waals surface area contributed by atoms with Crippen LogP contribution in [0.5, 0.6) is 0 Å². The Kier molecular flexibility index (Phi) is 5.48. The predicted molar refractivity (Wildman–Crippen MR) is 83.6 cm³/mol. The van der Waals surface area contributed by atoms with E-state index in [4.69, 9.17) is 0 Å². The Hall–Kier alpha value is -0.780. The molecule has 2 rings (SSSR count). The third-order valence-electron chi connectivity index (χ3n) is 2.82. The normalized spacial score (nSPS) is 12.6. The summed E-state index contributed by atoms with van der Waals surface area (Å²) in [5.74, 6) is 0. The van der Waals surface area contributed by atoms with Crippen molar-refractivity contribution < 1.29 is 0 Å². The number of nitrogens with zero attached hydrogens (tertiary/aromatic N) is 1. The quantitative estimate of drug-likeness (QED) is 0.820. The van der Waals surface area contributed by atoms with Crippen LogP contribution in [-0.4, -0.2) is 16.5 Å². The fraction of sp³-hybridized carbons (Fsp3) is 0.357. The van der Waals surface area contributed by atoms with Crippen molar-refractivity contribution >= 4 is 27.7 Å². The fourth-order valence-electron chi connectivity index (χ4n) is 1.83. The first-order valence-corrected chi connectivity index (χ1v) is 8.01. The summed E-state index contributed by atoms with van der Waals surface area (Å²) in [5.41, 5.74) is 1.30. The molecule has 0 aliphatic carbocycles. The minimum atomic E-state index is 0.329. The van der Waals surface area contributed by atoms with E-state index in [1.54, 1.807) is 18.0 Å². The Morgan fingerprint density at radius 1 is 1.47 bits per heavy atom. The first kappa shape index (κ1) is 14.6. The minimum absolute atomic E-state index is 0.329. The van der Waals surface area contributed by atoms with E-state index in [0.29, 0.717) is 6.04 Å². The number of hydrogen-bond acceptors (Lipinski definition) is 3. The van der Waals surface area contributed by atoms with E-state index in [0.717, 1.165) is 22.6 Å². The highest BCUT2D eigenvalue weighted by Gasteiger charge is 2.12. The van der Waals surface area contributed by atoms with E-state index in [1.807, 2.05) is 6.20 Å². The molecule has 1 unspecified atom stereocenters. The molecule has 1 heterocycles. The van der Waals surface area contributed by atoms with Crippen LogP contribution < -0.4 is 5.32 Å². The maximum Gasteiger partial charge on any atom is 0.170 e. The van der Waals surface area contributed by atoms with Crippen LogP contribution in [-0.2, 0) is 0 Å². The zero-order valence-corrected chi connectivity index (χ0v) is 13.5. The van der Waals surface area contributed by atoms with Gasteiger partial charge in [-0.25, -0.2) is 4.98 Å². The van der Waals surface area contributed by atoms with Gasteiger partial charge in [0.1, 0.15) is 0 Å². The van der Waals surface area contributed by atoms with Crippen LogP contribution in [0.25, 0.3) is 0 Å². The van der Waals surface area contributed by atoms with Crippen LogP contribution in [0, 0.1) is 0 Å². The summed E-state index contributed by atoms with van der Waals surface area (Å²) in [6.07, 6.45) is 4.76. The van der Waals surface area contributed by atoms with Gasteiger partial charge in [0.15, 0.2) is 5.16 Å². The van der Waals surface area contributed by atoms with Crippen LogP contribution in [0.15, 0.2) is 45.1 Å². The van der Waals surface area contributed by atoms with Gasteiger partial charge in [-0.2, -0.15) is 0 Å². The number of hydrogen-bond donors (Lipinski definition) is 2. The summed E-state index contributed by atoms with van der Waals surface area (Å²) >= 11 is 5.21. The molecule has 19 heavy (non-hydrogen) atoms. The number of aromatic amines is 1. The van der Waals surface area contributed by atoms with Crippen LogP contribution in [0.2, 0.25) is 0 Å². The Balaban J connectivity index is 2.22. The van der Waals surface area contributed by atoms with Crippen molar-refractivity contribution in [3.05, 3.63) is 40.6 Å². The SMILES string of the molecule is CCCNC(C)c1cc(Br)ccc1Sc1ncc[nH]1. The Bertz CT molecular complexity index is 513. The second kappa shape index (κ2) is 7.12. The molecule has 0 spiro atoms. The lowest BCUT2D eigenvalue weighted by Crippen LogP contribution is -2.19. The average molecular weight is 340 g/mol. The molecule has 0 aliphatic rings. The van der Waals surface area contributed by atoms with Crippen molar-refractivity contribution in [3.8, 4) is 0 Å². The van der Waals surface area contributed by atoms with Gasteiger partial charge in [-0.3, -0.25) is 0 Å². The maximum absolute atomic E-state index is 4.27. The van der Waals surface area contributed by atoms with Crippen molar-refractivity contribution in [1.29, 1.82) is 0 Å². The van der Waals surface area contributed by atoms with Crippen molar-refractivity contribution in [1.82, 2.24) is 15.3 Å². The highest BCUT2D eigenvalue weighted by Crippen LogP contribution is 2.33. The molecule has 0 saturated carbocycles. The second-order valence-electron chi connectivity index (χ2n) is 4.35. The zero-order chi connectivity index (χ0) is 13.7. The number of halogens is 1. The molecule has 0 saturated heterocycles. The standard InChI is InChI=1S/C14H18BrN3S/c1-3-6-16-10(2)12-9-11(15)4-5-13(12)19-14-17-7-8-18-14/h4-5,7-10,16H,3,6H2,1-2H3,(H,17,18). The van der Waals surface area contributed by atoms with Gasteiger partial charge in [0, 0.05) is 27.8 Å². The Morgan fingerprint density at radius 2 is 2.32 bits per heavy atom. The maximum atomic E-state index is 4.27. The van der Waals surface area contributed by atoms with Gasteiger partial charge in [-0.05, 0) is 43.7 Å². The van der Waals surface area contributed by atoms with Gasteiger partial charge in [0.2, 0.25) is 0 Å². The van der Waals surface area contributed by atoms with Crippen LogP contribution in [0.3, 0.4) is 0 Å². The van der Waals surface area contributed by atoms with E-state index in [-0.39, 0.29) is 0 Å². The molecule has 102 valence electrons. The number of benzene rings is 1. The molecule has 0 aliphatic heterocycles. The predicted octanol–water partition coefficient (Wildman–Crippen LogP) is 4.38. The summed E-state index contributed by atoms with van der Waals surface area (Å²) in [7, 11) is 0. The summed E-state index contributed by atoms with van der Waals surface area (Å²) in [6, 6.07) is 6.71. The fourth-order valence-corrected chi connectivity index (χ4v) is 3.15. The summed E-state index contributed by atoms with van der Waals surface area (Å²) in [4.78, 5) is 8.63. The van der Waals surface area contributed by atoms with E-state index < -0.39 is 0 Å². The highest BCUT2D eigenvalue weighted by molar-refractivity contribution is 9.10. The molecule has 0 fully saturated rings. The molecule has 1 aromatic carbocycles. The Labute approximate surface area is 126 Å². The largest absolute Gasteiger partial charge is 0.339 e. The number of imidazole rings is 1. The van der Waals surface area contributed by atoms with Crippen molar-refractivity contribution in [2.24, 2.45) is 0 Å². The van der Waals surface area contributed by atoms with Gasteiger partial charge in [0.05, 0.1) is 0 Å². The second-order valence-corrected chi connectivity index (χ2v) is 6.30. The average Bonchev–Trinajstić information content (AvgIpc) is 2.91. The highest BCUT2D eigenvalue weighted by atomic mass is 79.9. The van der Waals surface area contributed by atoms with Crippen LogP contribution >= 0.6 is 27.7 Å². The van der Waals surface area contributed by atoms with Gasteiger partial charge < -0.3 is 10.3 Å². The molecule has 2 N–H and O–H groups in total. The van der Waals surface area contributed by atoms with Crippen LogP contribution in [0.1, 0.15) is 31.9 Å². The number of nitrogens with one attached hydrogen (secondary N) is 2. The first-order valence-electron chi connectivity index (χ1n) is 6.40. The Morgan fingerprint density at radius 3 is 3.00 bits per heavy atom. The molecular formula is C14H18BrN3S. The summed E-state index contributed by atoms with van der Waals surface area (Å²) < 4.78 is 1.11. The third-order valence-corrected chi connectivity index (χ3v) is 4.32. The molecular weight excluding hydrogens is 322 g/mol. The van der Waals surface area contributed by atoms with E-state index in [2.05, 4.69) is 63.3 Å². The number of aromatic nitrogens is 2. The first-order chi connectivity index (χ1) is 9.20. The van der Waals surface area contributed by atoms with E-state index >= 15 is 0 Å². The molecule has 5 heteroatoms. The lowest BCUT2D eigenvalue weighted by atomic mass is 10.1. The molecule has 1 atom stereocenters. The molecule has 0 amide bonds. The van der Waals surface area contributed by atoms with Gasteiger partial charge in [0.25, 0.3) is 0 Å². The summed E-state index contributed by atoms with van der Waals surface area (Å²) in [6.45, 7) is 5.40. The van der Waals surface area contributed by atoms with Crippen molar-refractivity contribution in [2.75, 3.05) is 6.54 Å². The molecule has 0 bridgehead atoms. The van der Waals surface area contributed by atoms with Gasteiger partial charge in [-0.15, -0.1) is 0 Å². The van der Waals surface area contributed by atoms with Gasteiger partial charge in [-0.1, -0.05) is 34.6 Å². The lowest BCUT2D eigenvalue weighted by Gasteiger charge is -2.17. The smallest absolute Gasteiger partial charge is 0.170 e.